The molecule has 8 nitrogen and oxygen atoms in total. The van der Waals surface area contributed by atoms with E-state index in [0.29, 0.717) is 32.3 Å². The van der Waals surface area contributed by atoms with Crippen LogP contribution in [0.2, 0.25) is 0 Å². The lowest BCUT2D eigenvalue weighted by molar-refractivity contribution is 0.265. The number of nitrogens with zero attached hydrogens (tertiary/aromatic N) is 5. The molecule has 0 bridgehead atoms. The monoisotopic (exact) mass is 485 g/mol. The van der Waals surface area contributed by atoms with Gasteiger partial charge in [0.1, 0.15) is 23.0 Å². The van der Waals surface area contributed by atoms with Crippen LogP contribution in [0.4, 0.5) is 0 Å². The molecule has 2 aromatic heterocycles. The fourth-order valence-corrected chi connectivity index (χ4v) is 4.42. The highest BCUT2D eigenvalue weighted by atomic mass is 16.5. The molecular weight excluding hydrogens is 454 g/mol. The van der Waals surface area contributed by atoms with Crippen molar-refractivity contribution in [3.63, 3.8) is 0 Å². The van der Waals surface area contributed by atoms with Gasteiger partial charge in [0.05, 0.1) is 19.8 Å². The molecule has 0 fully saturated rings. The normalized spacial score (nSPS) is 12.9. The molecule has 8 heteroatoms. The molecule has 5 rings (SSSR count). The number of hydrogen-bond acceptors (Lipinski definition) is 7. The molecule has 3 heterocycles. The fraction of sp³-hybridized carbons (Fsp3) is 0.357. The summed E-state index contributed by atoms with van der Waals surface area (Å²) >= 11 is 0. The van der Waals surface area contributed by atoms with Gasteiger partial charge in [-0.2, -0.15) is 5.11 Å². The first-order valence-electron chi connectivity index (χ1n) is 12.5. The van der Waals surface area contributed by atoms with Crippen molar-refractivity contribution in [1.82, 2.24) is 9.72 Å². The summed E-state index contributed by atoms with van der Waals surface area (Å²) in [5, 5.41) is 13.3. The van der Waals surface area contributed by atoms with Crippen molar-refractivity contribution in [2.45, 2.75) is 46.1 Å². The van der Waals surface area contributed by atoms with Crippen LogP contribution in [0.3, 0.4) is 0 Å². The molecule has 0 spiro atoms. The smallest absolute Gasteiger partial charge is 0.178 e. The van der Waals surface area contributed by atoms with Gasteiger partial charge in [0.25, 0.3) is 0 Å². The van der Waals surface area contributed by atoms with E-state index < -0.39 is 0 Å². The van der Waals surface area contributed by atoms with E-state index in [4.69, 9.17) is 14.0 Å². The van der Waals surface area contributed by atoms with Gasteiger partial charge in [0, 0.05) is 34.3 Å². The Morgan fingerprint density at radius 3 is 2.56 bits per heavy atom. The summed E-state index contributed by atoms with van der Waals surface area (Å²) in [6, 6.07) is 16.2. The van der Waals surface area contributed by atoms with Gasteiger partial charge in [-0.1, -0.05) is 18.5 Å². The molecule has 0 saturated heterocycles. The van der Waals surface area contributed by atoms with E-state index in [1.165, 1.54) is 16.5 Å². The van der Waals surface area contributed by atoms with Crippen molar-refractivity contribution in [3.8, 4) is 11.5 Å². The number of aryl methyl sites for hydroxylation is 2. The fourth-order valence-electron chi connectivity index (χ4n) is 4.42. The maximum absolute atomic E-state index is 6.23. The molecule has 36 heavy (non-hydrogen) atoms. The first-order chi connectivity index (χ1) is 17.7. The van der Waals surface area contributed by atoms with Crippen molar-refractivity contribution in [1.29, 1.82) is 0 Å². The van der Waals surface area contributed by atoms with Gasteiger partial charge in [0.2, 0.25) is 0 Å². The number of ether oxygens (including phenoxy) is 2. The van der Waals surface area contributed by atoms with Crippen LogP contribution in [0.5, 0.6) is 11.5 Å². The number of amidine groups is 1. The number of fused-ring (bicyclic) bond motifs is 1. The number of benzene rings is 2. The van der Waals surface area contributed by atoms with Crippen LogP contribution < -0.4 is 9.47 Å². The Bertz CT molecular complexity index is 1370. The van der Waals surface area contributed by atoms with Gasteiger partial charge >= 0.3 is 0 Å². The third kappa shape index (κ3) is 5.48. The molecule has 0 radical (unpaired) electrons. The molecular formula is C28H31N5O3. The number of rotatable bonds is 12. The minimum Gasteiger partial charge on any atom is -0.494 e. The lowest BCUT2D eigenvalue weighted by Gasteiger charge is -2.13. The van der Waals surface area contributed by atoms with Crippen LogP contribution in [0.25, 0.3) is 10.9 Å². The van der Waals surface area contributed by atoms with Gasteiger partial charge in [0.15, 0.2) is 12.5 Å². The Labute approximate surface area is 210 Å². The lowest BCUT2D eigenvalue weighted by atomic mass is 10.0. The Morgan fingerprint density at radius 2 is 1.83 bits per heavy atom. The highest BCUT2D eigenvalue weighted by Crippen LogP contribution is 2.31. The SMILES string of the molecule is CCCc1c(OCCCCOc2ccc(C3=NCN=N3)cc2)ccc2c1ccn2Cc1cc(C)on1. The summed E-state index contributed by atoms with van der Waals surface area (Å²) in [6.07, 6.45) is 6.00. The molecule has 0 atom stereocenters. The molecule has 2 aromatic carbocycles. The number of azo groups is 1. The van der Waals surface area contributed by atoms with Crippen molar-refractivity contribution >= 4 is 16.7 Å². The number of hydrogen-bond donors (Lipinski definition) is 0. The Balaban J connectivity index is 1.13. The molecule has 0 unspecified atom stereocenters. The minimum atomic E-state index is 0.416. The topological polar surface area (TPSA) is 86.5 Å². The summed E-state index contributed by atoms with van der Waals surface area (Å²) in [5.41, 5.74) is 4.34. The Kier molecular flexibility index (Phi) is 7.40. The summed E-state index contributed by atoms with van der Waals surface area (Å²) in [4.78, 5) is 4.23. The van der Waals surface area contributed by atoms with Crippen molar-refractivity contribution in [2.75, 3.05) is 19.9 Å². The van der Waals surface area contributed by atoms with Gasteiger partial charge in [-0.25, -0.2) is 4.99 Å². The molecule has 1 aliphatic rings. The average Bonchev–Trinajstić information content (AvgIpc) is 3.65. The van der Waals surface area contributed by atoms with E-state index in [9.17, 15) is 0 Å². The molecule has 0 aliphatic carbocycles. The molecule has 4 aromatic rings. The summed E-state index contributed by atoms with van der Waals surface area (Å²) in [5.74, 6) is 3.33. The van der Waals surface area contributed by atoms with Crippen LogP contribution in [0.1, 0.15) is 48.8 Å². The van der Waals surface area contributed by atoms with E-state index >= 15 is 0 Å². The number of unbranched alkanes of at least 4 members (excludes halogenated alkanes) is 1. The Hall–Kier alpha value is -3.94. The summed E-state index contributed by atoms with van der Waals surface area (Å²) in [6.45, 7) is 6.53. The zero-order valence-electron chi connectivity index (χ0n) is 20.8. The Morgan fingerprint density at radius 1 is 1.00 bits per heavy atom. The van der Waals surface area contributed by atoms with Gasteiger partial charge in [-0.05, 0) is 68.7 Å². The number of aromatic nitrogens is 2. The average molecular weight is 486 g/mol. The zero-order valence-corrected chi connectivity index (χ0v) is 20.8. The van der Waals surface area contributed by atoms with Gasteiger partial charge in [-0.15, -0.1) is 5.11 Å². The predicted molar refractivity (Wildman–Crippen MR) is 139 cm³/mol. The molecule has 186 valence electrons. The first-order valence-corrected chi connectivity index (χ1v) is 12.5. The van der Waals surface area contributed by atoms with E-state index in [0.717, 1.165) is 54.2 Å². The third-order valence-electron chi connectivity index (χ3n) is 6.16. The third-order valence-corrected chi connectivity index (χ3v) is 6.16. The second-order valence-electron chi connectivity index (χ2n) is 8.89. The van der Waals surface area contributed by atoms with Crippen molar-refractivity contribution in [2.24, 2.45) is 15.2 Å². The maximum atomic E-state index is 6.23. The zero-order chi connectivity index (χ0) is 24.7. The predicted octanol–water partition coefficient (Wildman–Crippen LogP) is 6.35. The van der Waals surface area contributed by atoms with Crippen molar-refractivity contribution < 1.29 is 14.0 Å². The number of aliphatic imine (C=N–C) groups is 1. The van der Waals surface area contributed by atoms with Gasteiger partial charge in [-0.3, -0.25) is 0 Å². The quantitative estimate of drug-likeness (QED) is 0.219. The first kappa shape index (κ1) is 23.8. The van der Waals surface area contributed by atoms with Crippen molar-refractivity contribution in [3.05, 3.63) is 77.3 Å². The van der Waals surface area contributed by atoms with E-state index in [1.807, 2.05) is 37.3 Å². The standard InChI is InChI=1S/C28H31N5O3/c1-3-6-25-24-13-14-33(18-22-17-20(2)36-32-22)26(24)11-12-27(25)35-16-5-4-15-34-23-9-7-21(8-10-23)28-29-19-30-31-28/h7-14,17H,3-6,15-16,18-19H2,1-2H3. The lowest BCUT2D eigenvalue weighted by Crippen LogP contribution is -2.05. The van der Waals surface area contributed by atoms with E-state index in [1.54, 1.807) is 0 Å². The van der Waals surface area contributed by atoms with Gasteiger partial charge < -0.3 is 18.6 Å². The second kappa shape index (κ2) is 11.2. The van der Waals surface area contributed by atoms with Crippen LogP contribution >= 0.6 is 0 Å². The largest absolute Gasteiger partial charge is 0.494 e. The summed E-state index contributed by atoms with van der Waals surface area (Å²) in [7, 11) is 0. The van der Waals surface area contributed by atoms with Crippen LogP contribution in [-0.2, 0) is 13.0 Å². The molecule has 1 aliphatic heterocycles. The van der Waals surface area contributed by atoms with Crippen LogP contribution in [-0.4, -0.2) is 35.4 Å². The van der Waals surface area contributed by atoms with Crippen LogP contribution in [0.15, 0.2) is 74.5 Å². The molecule has 0 N–H and O–H groups in total. The van der Waals surface area contributed by atoms with Crippen LogP contribution in [0, 0.1) is 6.92 Å². The van der Waals surface area contributed by atoms with E-state index in [2.05, 4.69) is 56.3 Å². The highest BCUT2D eigenvalue weighted by molar-refractivity contribution is 5.99. The maximum Gasteiger partial charge on any atom is 0.178 e. The molecule has 0 amide bonds. The van der Waals surface area contributed by atoms with E-state index in [-0.39, 0.29) is 0 Å². The highest BCUT2D eigenvalue weighted by Gasteiger charge is 2.13. The molecule has 0 saturated carbocycles. The second-order valence-corrected chi connectivity index (χ2v) is 8.89. The minimum absolute atomic E-state index is 0.416. The summed E-state index contributed by atoms with van der Waals surface area (Å²) < 4.78 is 19.6.